The molecule has 0 aliphatic carbocycles. The molecule has 1 fully saturated rings. The minimum atomic E-state index is 0. The topological polar surface area (TPSA) is 28.2 Å². The van der Waals surface area contributed by atoms with Crippen LogP contribution in [0.5, 0.6) is 0 Å². The summed E-state index contributed by atoms with van der Waals surface area (Å²) < 4.78 is 0. The van der Waals surface area contributed by atoms with E-state index in [9.17, 15) is 0 Å². The molecule has 0 saturated carbocycles. The van der Waals surface area contributed by atoms with Gasteiger partial charge in [0.05, 0.1) is 11.2 Å². The second-order valence-corrected chi connectivity index (χ2v) is 6.61. The van der Waals surface area contributed by atoms with Gasteiger partial charge < -0.3 is 10.2 Å². The first-order valence-corrected chi connectivity index (χ1v) is 8.65. The lowest BCUT2D eigenvalue weighted by Gasteiger charge is -2.31. The molecule has 130 valence electrons. The van der Waals surface area contributed by atoms with E-state index in [-0.39, 0.29) is 12.4 Å². The number of hydrogen-bond acceptors (Lipinski definition) is 3. The van der Waals surface area contributed by atoms with E-state index in [1.165, 1.54) is 27.8 Å². The maximum atomic E-state index is 4.98. The molecule has 0 unspecified atom stereocenters. The van der Waals surface area contributed by atoms with Gasteiger partial charge in [0.1, 0.15) is 0 Å². The van der Waals surface area contributed by atoms with Crippen molar-refractivity contribution in [2.24, 2.45) is 0 Å². The first-order chi connectivity index (χ1) is 11.7. The Balaban J connectivity index is 0.00000182. The van der Waals surface area contributed by atoms with Gasteiger partial charge in [-0.2, -0.15) is 0 Å². The molecule has 1 saturated heterocycles. The molecule has 1 N–H and O–H groups in total. The maximum absolute atomic E-state index is 4.98. The number of aromatic nitrogens is 1. The van der Waals surface area contributed by atoms with E-state index in [0.717, 1.165) is 37.4 Å². The van der Waals surface area contributed by atoms with Gasteiger partial charge in [-0.05, 0) is 37.1 Å². The van der Waals surface area contributed by atoms with Gasteiger partial charge in [0.2, 0.25) is 0 Å². The zero-order chi connectivity index (χ0) is 16.5. The van der Waals surface area contributed by atoms with E-state index in [4.69, 9.17) is 4.98 Å². The Labute approximate surface area is 155 Å². The van der Waals surface area contributed by atoms with E-state index in [2.05, 4.69) is 72.6 Å². The first kappa shape index (κ1) is 17.7. The fraction of sp³-hybridized carbons (Fsp3) is 0.286. The average Bonchev–Trinajstić information content (AvgIpc) is 2.62. The van der Waals surface area contributed by atoms with Crippen LogP contribution in [0.1, 0.15) is 11.1 Å². The molecule has 2 aromatic carbocycles. The third-order valence-electron chi connectivity index (χ3n) is 4.76. The van der Waals surface area contributed by atoms with Gasteiger partial charge >= 0.3 is 0 Å². The SMILES string of the molecule is Cc1cc(C)c2c(N3CCNCC3)cc(-c3ccccc3)nc2c1.Cl. The molecule has 1 aliphatic rings. The number of halogens is 1. The lowest BCUT2D eigenvalue weighted by Crippen LogP contribution is -2.43. The number of anilines is 1. The number of aryl methyl sites for hydroxylation is 2. The first-order valence-electron chi connectivity index (χ1n) is 8.65. The number of hydrogen-bond donors (Lipinski definition) is 1. The van der Waals surface area contributed by atoms with Crippen LogP contribution in [0.15, 0.2) is 48.5 Å². The summed E-state index contributed by atoms with van der Waals surface area (Å²) in [5, 5.41) is 4.74. The Morgan fingerprint density at radius 3 is 2.40 bits per heavy atom. The van der Waals surface area contributed by atoms with Crippen molar-refractivity contribution in [1.82, 2.24) is 10.3 Å². The van der Waals surface area contributed by atoms with Gasteiger partial charge in [0.15, 0.2) is 0 Å². The van der Waals surface area contributed by atoms with Gasteiger partial charge in [0.25, 0.3) is 0 Å². The van der Waals surface area contributed by atoms with Crippen molar-refractivity contribution in [3.63, 3.8) is 0 Å². The summed E-state index contributed by atoms with van der Waals surface area (Å²) in [4.78, 5) is 7.48. The van der Waals surface area contributed by atoms with Crippen LogP contribution >= 0.6 is 12.4 Å². The second kappa shape index (κ2) is 7.42. The molecular formula is C21H24ClN3. The van der Waals surface area contributed by atoms with Crippen LogP contribution in [0.4, 0.5) is 5.69 Å². The number of benzene rings is 2. The third-order valence-corrected chi connectivity index (χ3v) is 4.76. The second-order valence-electron chi connectivity index (χ2n) is 6.61. The summed E-state index contributed by atoms with van der Waals surface area (Å²) in [5.41, 5.74) is 7.23. The number of nitrogens with one attached hydrogen (secondary N) is 1. The largest absolute Gasteiger partial charge is 0.368 e. The maximum Gasteiger partial charge on any atom is 0.0735 e. The van der Waals surface area contributed by atoms with E-state index < -0.39 is 0 Å². The van der Waals surface area contributed by atoms with Crippen LogP contribution in [-0.2, 0) is 0 Å². The molecule has 0 bridgehead atoms. The summed E-state index contributed by atoms with van der Waals surface area (Å²) in [6, 6.07) is 17.2. The number of piperazine rings is 1. The molecule has 4 heteroatoms. The Morgan fingerprint density at radius 1 is 0.960 bits per heavy atom. The Kier molecular flexibility index (Phi) is 5.26. The molecule has 0 atom stereocenters. The molecule has 0 radical (unpaired) electrons. The highest BCUT2D eigenvalue weighted by molar-refractivity contribution is 5.97. The van der Waals surface area contributed by atoms with E-state index in [1.807, 2.05) is 0 Å². The van der Waals surface area contributed by atoms with Gasteiger partial charge in [-0.3, -0.25) is 0 Å². The molecule has 4 rings (SSSR count). The van der Waals surface area contributed by atoms with Crippen LogP contribution in [-0.4, -0.2) is 31.2 Å². The highest BCUT2D eigenvalue weighted by atomic mass is 35.5. The minimum Gasteiger partial charge on any atom is -0.368 e. The summed E-state index contributed by atoms with van der Waals surface area (Å²) in [7, 11) is 0. The summed E-state index contributed by atoms with van der Waals surface area (Å²) in [6.07, 6.45) is 0. The van der Waals surface area contributed by atoms with Gasteiger partial charge in [-0.15, -0.1) is 12.4 Å². The van der Waals surface area contributed by atoms with Crippen LogP contribution in [0.25, 0.3) is 22.2 Å². The summed E-state index contributed by atoms with van der Waals surface area (Å²) >= 11 is 0. The quantitative estimate of drug-likeness (QED) is 0.742. The van der Waals surface area contributed by atoms with Crippen molar-refractivity contribution < 1.29 is 0 Å². The number of pyridine rings is 1. The smallest absolute Gasteiger partial charge is 0.0735 e. The highest BCUT2D eigenvalue weighted by Gasteiger charge is 2.17. The fourth-order valence-corrected chi connectivity index (χ4v) is 3.64. The molecule has 3 aromatic rings. The van der Waals surface area contributed by atoms with Crippen molar-refractivity contribution in [2.75, 3.05) is 31.1 Å². The van der Waals surface area contributed by atoms with Crippen molar-refractivity contribution in [3.8, 4) is 11.3 Å². The van der Waals surface area contributed by atoms with Crippen molar-refractivity contribution in [2.45, 2.75) is 13.8 Å². The molecule has 1 aromatic heterocycles. The fourth-order valence-electron chi connectivity index (χ4n) is 3.64. The zero-order valence-corrected chi connectivity index (χ0v) is 15.6. The standard InChI is InChI=1S/C21H23N3.ClH/c1-15-12-16(2)21-19(13-15)23-18(17-6-4-3-5-7-17)14-20(21)24-10-8-22-9-11-24;/h3-7,12-14,22H,8-11H2,1-2H3;1H. The molecule has 0 spiro atoms. The predicted octanol–water partition coefficient (Wildman–Crippen LogP) is 4.35. The highest BCUT2D eigenvalue weighted by Crippen LogP contribution is 2.33. The summed E-state index contributed by atoms with van der Waals surface area (Å²) in [6.45, 7) is 8.50. The number of nitrogens with zero attached hydrogens (tertiary/aromatic N) is 2. The molecule has 25 heavy (non-hydrogen) atoms. The van der Waals surface area contributed by atoms with Crippen molar-refractivity contribution in [3.05, 3.63) is 59.7 Å². The molecule has 0 amide bonds. The van der Waals surface area contributed by atoms with Crippen LogP contribution in [0, 0.1) is 13.8 Å². The molecule has 1 aliphatic heterocycles. The lowest BCUT2D eigenvalue weighted by atomic mass is 10.0. The molecular weight excluding hydrogens is 330 g/mol. The monoisotopic (exact) mass is 353 g/mol. The Hall–Kier alpha value is -2.10. The summed E-state index contributed by atoms with van der Waals surface area (Å²) in [5.74, 6) is 0. The van der Waals surface area contributed by atoms with E-state index in [0.29, 0.717) is 0 Å². The van der Waals surface area contributed by atoms with Crippen LogP contribution in [0.2, 0.25) is 0 Å². The number of rotatable bonds is 2. The molecule has 2 heterocycles. The predicted molar refractivity (Wildman–Crippen MR) is 109 cm³/mol. The van der Waals surface area contributed by atoms with Gasteiger partial charge in [-0.1, -0.05) is 36.4 Å². The van der Waals surface area contributed by atoms with Crippen molar-refractivity contribution >= 4 is 29.0 Å². The van der Waals surface area contributed by atoms with Crippen molar-refractivity contribution in [1.29, 1.82) is 0 Å². The Bertz CT molecular complexity index is 871. The normalized spacial score (nSPS) is 14.4. The van der Waals surface area contributed by atoms with E-state index in [1.54, 1.807) is 0 Å². The number of fused-ring (bicyclic) bond motifs is 1. The average molecular weight is 354 g/mol. The molecule has 3 nitrogen and oxygen atoms in total. The Morgan fingerprint density at radius 2 is 1.68 bits per heavy atom. The van der Waals surface area contributed by atoms with Gasteiger partial charge in [0, 0.05) is 42.8 Å². The van der Waals surface area contributed by atoms with E-state index >= 15 is 0 Å². The third kappa shape index (κ3) is 3.48. The minimum absolute atomic E-state index is 0. The zero-order valence-electron chi connectivity index (χ0n) is 14.7. The van der Waals surface area contributed by atoms with Crippen LogP contribution in [0.3, 0.4) is 0 Å². The van der Waals surface area contributed by atoms with Gasteiger partial charge in [-0.25, -0.2) is 4.98 Å². The lowest BCUT2D eigenvalue weighted by molar-refractivity contribution is 0.590. The van der Waals surface area contributed by atoms with Crippen LogP contribution < -0.4 is 10.2 Å².